The van der Waals surface area contributed by atoms with E-state index in [1.807, 2.05) is 55.5 Å². The van der Waals surface area contributed by atoms with Crippen LogP contribution in [0, 0.1) is 11.3 Å². The van der Waals surface area contributed by atoms with Crippen molar-refractivity contribution in [1.82, 2.24) is 0 Å². The molecule has 0 unspecified atom stereocenters. The molecule has 0 spiro atoms. The summed E-state index contributed by atoms with van der Waals surface area (Å²) in [6.45, 7) is 9.81. The van der Waals surface area contributed by atoms with Crippen molar-refractivity contribution in [2.45, 2.75) is 6.92 Å². The highest BCUT2D eigenvalue weighted by molar-refractivity contribution is 6.11. The summed E-state index contributed by atoms with van der Waals surface area (Å²) in [5.41, 5.74) is 13.6. The van der Waals surface area contributed by atoms with Crippen LogP contribution in [0.3, 0.4) is 0 Å². The smallest absolute Gasteiger partial charge is 0.136 e. The predicted molar refractivity (Wildman–Crippen MR) is 131 cm³/mol. The fourth-order valence-electron chi connectivity index (χ4n) is 3.90. The molecule has 0 bridgehead atoms. The topological polar surface area (TPSA) is 62.9 Å². The Morgan fingerprint density at radius 1 is 1.00 bits per heavy atom. The van der Waals surface area contributed by atoms with Crippen molar-refractivity contribution < 1.29 is 4.42 Å². The van der Waals surface area contributed by atoms with Gasteiger partial charge in [0.2, 0.25) is 0 Å². The monoisotopic (exact) mass is 402 g/mol. The van der Waals surface area contributed by atoms with Gasteiger partial charge in [-0.25, -0.2) is 0 Å². The first-order valence-corrected chi connectivity index (χ1v) is 9.98. The van der Waals surface area contributed by atoms with Gasteiger partial charge in [0.1, 0.15) is 22.9 Å². The molecule has 2 N–H and O–H groups in total. The molecular weight excluding hydrogens is 380 g/mol. The number of hydrogen-bond donors (Lipinski definition) is 1. The Morgan fingerprint density at radius 3 is 2.52 bits per heavy atom. The van der Waals surface area contributed by atoms with Crippen molar-refractivity contribution in [2.24, 2.45) is 5.73 Å². The zero-order valence-electron chi connectivity index (χ0n) is 17.4. The third kappa shape index (κ3) is 3.56. The van der Waals surface area contributed by atoms with Crippen LogP contribution in [0.25, 0.3) is 50.8 Å². The van der Waals surface area contributed by atoms with Gasteiger partial charge in [-0.3, -0.25) is 0 Å². The lowest BCUT2D eigenvalue weighted by atomic mass is 9.96. The highest BCUT2D eigenvalue weighted by Gasteiger charge is 2.13. The van der Waals surface area contributed by atoms with Gasteiger partial charge in [0.05, 0.1) is 0 Å². The third-order valence-electron chi connectivity index (χ3n) is 5.42. The lowest BCUT2D eigenvalue weighted by molar-refractivity contribution is 0.669. The molecule has 0 saturated carbocycles. The maximum Gasteiger partial charge on any atom is 0.136 e. The van der Waals surface area contributed by atoms with Crippen LogP contribution in [-0.4, -0.2) is 0 Å². The molecule has 1 heterocycles. The van der Waals surface area contributed by atoms with Crippen molar-refractivity contribution in [3.63, 3.8) is 0 Å². The lowest BCUT2D eigenvalue weighted by Gasteiger charge is -2.07. The van der Waals surface area contributed by atoms with Gasteiger partial charge in [0.25, 0.3) is 0 Å². The lowest BCUT2D eigenvalue weighted by Crippen LogP contribution is -1.94. The van der Waals surface area contributed by atoms with Gasteiger partial charge < -0.3 is 10.2 Å². The van der Waals surface area contributed by atoms with Crippen molar-refractivity contribution >= 4 is 39.7 Å². The number of benzene rings is 3. The molecule has 3 aromatic carbocycles. The van der Waals surface area contributed by atoms with E-state index in [2.05, 4.69) is 43.5 Å². The van der Waals surface area contributed by atoms with Crippen molar-refractivity contribution in [3.05, 3.63) is 102 Å². The van der Waals surface area contributed by atoms with Gasteiger partial charge in [-0.1, -0.05) is 61.7 Å². The highest BCUT2D eigenvalue weighted by atomic mass is 16.3. The van der Waals surface area contributed by atoms with E-state index in [1.165, 1.54) is 0 Å². The standard InChI is InChI=1S/C28H22N2O/c1-4-18-11-13-26-28(24(18)6-3)25-12-10-22(16-27(25)31-26)21-9-7-8-20(14-21)19(5-2)15-23(30)17-29/h4-16H,1,3,30H2,2H3/b19-5+,23-15-. The highest BCUT2D eigenvalue weighted by Crippen LogP contribution is 2.36. The van der Waals surface area contributed by atoms with E-state index in [4.69, 9.17) is 15.4 Å². The maximum absolute atomic E-state index is 9.00. The minimum atomic E-state index is 0.180. The first kappa shape index (κ1) is 20.0. The molecule has 31 heavy (non-hydrogen) atoms. The normalized spacial score (nSPS) is 12.1. The van der Waals surface area contributed by atoms with Crippen molar-refractivity contribution in [3.8, 4) is 17.2 Å². The van der Waals surface area contributed by atoms with Crippen LogP contribution in [0.2, 0.25) is 0 Å². The molecule has 0 saturated heterocycles. The number of rotatable bonds is 5. The van der Waals surface area contributed by atoms with Crippen LogP contribution in [0.5, 0.6) is 0 Å². The Balaban J connectivity index is 1.85. The second-order valence-corrected chi connectivity index (χ2v) is 7.20. The van der Waals surface area contributed by atoms with E-state index in [0.717, 1.165) is 55.3 Å². The summed E-state index contributed by atoms with van der Waals surface area (Å²) in [7, 11) is 0. The molecule has 3 nitrogen and oxygen atoms in total. The Bertz CT molecular complexity index is 1440. The molecule has 0 atom stereocenters. The molecule has 0 aliphatic carbocycles. The molecule has 4 aromatic rings. The summed E-state index contributed by atoms with van der Waals surface area (Å²) in [6, 6.07) is 20.3. The van der Waals surface area contributed by atoms with Crippen molar-refractivity contribution in [1.29, 1.82) is 5.26 Å². The number of allylic oxidation sites excluding steroid dienone is 4. The first-order chi connectivity index (χ1) is 15.1. The molecule has 0 aliphatic heterocycles. The van der Waals surface area contributed by atoms with Crippen LogP contribution in [0.1, 0.15) is 23.6 Å². The summed E-state index contributed by atoms with van der Waals surface area (Å²) in [6.07, 6.45) is 7.32. The Kier molecular flexibility index (Phi) is 5.30. The summed E-state index contributed by atoms with van der Waals surface area (Å²) < 4.78 is 6.17. The average Bonchev–Trinajstić information content (AvgIpc) is 3.19. The van der Waals surface area contributed by atoms with Gasteiger partial charge in [-0.15, -0.1) is 0 Å². The van der Waals surface area contributed by atoms with Gasteiger partial charge in [-0.2, -0.15) is 5.26 Å². The fraction of sp³-hybridized carbons (Fsp3) is 0.0357. The van der Waals surface area contributed by atoms with Crippen LogP contribution < -0.4 is 5.73 Å². The quantitative estimate of drug-likeness (QED) is 0.281. The Morgan fingerprint density at radius 2 is 1.81 bits per heavy atom. The molecule has 0 fully saturated rings. The molecule has 3 heteroatoms. The summed E-state index contributed by atoms with van der Waals surface area (Å²) >= 11 is 0. The Labute approximate surface area is 181 Å². The van der Waals surface area contributed by atoms with Crippen LogP contribution in [0.4, 0.5) is 0 Å². The van der Waals surface area contributed by atoms with Gasteiger partial charge >= 0.3 is 0 Å². The first-order valence-electron chi connectivity index (χ1n) is 9.98. The largest absolute Gasteiger partial charge is 0.456 e. The molecule has 4 rings (SSSR count). The molecule has 150 valence electrons. The molecule has 0 radical (unpaired) electrons. The zero-order chi connectivity index (χ0) is 22.0. The van der Waals surface area contributed by atoms with Gasteiger partial charge in [0.15, 0.2) is 0 Å². The zero-order valence-corrected chi connectivity index (χ0v) is 17.4. The summed E-state index contributed by atoms with van der Waals surface area (Å²) in [5, 5.41) is 11.1. The number of furan rings is 1. The van der Waals surface area contributed by atoms with E-state index in [-0.39, 0.29) is 5.70 Å². The SMILES string of the molecule is C=Cc1ccc2oc3cc(-c4cccc(C(/C=C(\N)C#N)=C/C)c4)ccc3c2c1C=C. The van der Waals surface area contributed by atoms with Gasteiger partial charge in [-0.05, 0) is 70.7 Å². The number of hydrogen-bond acceptors (Lipinski definition) is 3. The van der Waals surface area contributed by atoms with E-state index in [0.29, 0.717) is 0 Å². The van der Waals surface area contributed by atoms with E-state index < -0.39 is 0 Å². The number of nitrogens with two attached hydrogens (primary N) is 1. The van der Waals surface area contributed by atoms with Crippen LogP contribution in [-0.2, 0) is 0 Å². The Hall–Kier alpha value is -4.29. The summed E-state index contributed by atoms with van der Waals surface area (Å²) in [4.78, 5) is 0. The minimum Gasteiger partial charge on any atom is -0.456 e. The van der Waals surface area contributed by atoms with Crippen molar-refractivity contribution in [2.75, 3.05) is 0 Å². The van der Waals surface area contributed by atoms with Crippen LogP contribution >= 0.6 is 0 Å². The van der Waals surface area contributed by atoms with Gasteiger partial charge in [0, 0.05) is 10.8 Å². The maximum atomic E-state index is 9.00. The third-order valence-corrected chi connectivity index (χ3v) is 5.42. The number of fused-ring (bicyclic) bond motifs is 3. The van der Waals surface area contributed by atoms with E-state index in [9.17, 15) is 0 Å². The molecule has 0 amide bonds. The number of nitriles is 1. The average molecular weight is 402 g/mol. The molecule has 0 aliphatic rings. The molecule has 1 aromatic heterocycles. The van der Waals surface area contributed by atoms with Crippen LogP contribution in [0.15, 0.2) is 90.0 Å². The van der Waals surface area contributed by atoms with E-state index in [1.54, 1.807) is 6.08 Å². The minimum absolute atomic E-state index is 0.180. The summed E-state index contributed by atoms with van der Waals surface area (Å²) in [5.74, 6) is 0. The second-order valence-electron chi connectivity index (χ2n) is 7.20. The number of nitrogens with zero attached hydrogens (tertiary/aromatic N) is 1. The van der Waals surface area contributed by atoms with E-state index >= 15 is 0 Å². The predicted octanol–water partition coefficient (Wildman–Crippen LogP) is 7.31. The second kappa shape index (κ2) is 8.22. The fourth-order valence-corrected chi connectivity index (χ4v) is 3.90. The molecular formula is C28H22N2O.